The number of carbonyl (C=O) groups excluding carboxylic acids is 1. The monoisotopic (exact) mass is 326 g/mol. The molecule has 0 bridgehead atoms. The van der Waals surface area contributed by atoms with Crippen LogP contribution in [0.1, 0.15) is 17.3 Å². The molecule has 0 aliphatic carbocycles. The van der Waals surface area contributed by atoms with Gasteiger partial charge in [0.15, 0.2) is 0 Å². The molecule has 0 aliphatic rings. The third-order valence-corrected chi connectivity index (χ3v) is 3.56. The number of amides is 1. The van der Waals surface area contributed by atoms with E-state index in [1.165, 1.54) is 0 Å². The summed E-state index contributed by atoms with van der Waals surface area (Å²) in [5.41, 5.74) is 1.78. The average molecular weight is 327 g/mol. The van der Waals surface area contributed by atoms with Gasteiger partial charge in [0, 0.05) is 5.39 Å². The molecule has 1 N–H and O–H groups in total. The minimum Gasteiger partial charge on any atom is -0.492 e. The Morgan fingerprint density at radius 1 is 1.17 bits per heavy atom. The lowest BCUT2D eigenvalue weighted by Gasteiger charge is -2.12. The minimum atomic E-state index is -0.252. The van der Waals surface area contributed by atoms with Gasteiger partial charge in [0.05, 0.1) is 23.4 Å². The number of para-hydroxylation sites is 3. The molecular formula is C18H15ClN2O2. The SMILES string of the molecule is CCOc1ccccc1NC(=O)c1cc(Cl)nc2ccccc12. The van der Waals surface area contributed by atoms with Crippen molar-refractivity contribution in [3.05, 3.63) is 65.3 Å². The summed E-state index contributed by atoms with van der Waals surface area (Å²) in [4.78, 5) is 16.9. The number of aromatic nitrogens is 1. The van der Waals surface area contributed by atoms with Gasteiger partial charge in [-0.2, -0.15) is 0 Å². The Hall–Kier alpha value is -2.59. The minimum absolute atomic E-state index is 0.252. The van der Waals surface area contributed by atoms with E-state index < -0.39 is 0 Å². The van der Waals surface area contributed by atoms with Crippen LogP contribution in [0.5, 0.6) is 5.75 Å². The maximum atomic E-state index is 12.7. The molecule has 2 aromatic carbocycles. The van der Waals surface area contributed by atoms with Crippen LogP contribution >= 0.6 is 11.6 Å². The van der Waals surface area contributed by atoms with Crippen molar-refractivity contribution in [3.8, 4) is 5.75 Å². The lowest BCUT2D eigenvalue weighted by molar-refractivity contribution is 0.102. The van der Waals surface area contributed by atoms with Gasteiger partial charge in [-0.05, 0) is 31.2 Å². The first kappa shape index (κ1) is 15.3. The topological polar surface area (TPSA) is 51.2 Å². The molecule has 4 nitrogen and oxygen atoms in total. The van der Waals surface area contributed by atoms with E-state index in [1.807, 2.05) is 49.4 Å². The largest absolute Gasteiger partial charge is 0.492 e. The number of nitrogens with one attached hydrogen (secondary N) is 1. The average Bonchev–Trinajstić information content (AvgIpc) is 2.56. The molecule has 0 spiro atoms. The number of halogens is 1. The summed E-state index contributed by atoms with van der Waals surface area (Å²) in [6.07, 6.45) is 0. The van der Waals surface area contributed by atoms with E-state index in [9.17, 15) is 4.79 Å². The molecule has 0 aliphatic heterocycles. The fraction of sp³-hybridized carbons (Fsp3) is 0.111. The van der Waals surface area contributed by atoms with Crippen molar-refractivity contribution in [1.29, 1.82) is 0 Å². The number of anilines is 1. The van der Waals surface area contributed by atoms with Gasteiger partial charge in [-0.25, -0.2) is 4.98 Å². The van der Waals surface area contributed by atoms with Gasteiger partial charge >= 0.3 is 0 Å². The second kappa shape index (κ2) is 6.67. The zero-order chi connectivity index (χ0) is 16.2. The van der Waals surface area contributed by atoms with Gasteiger partial charge in [0.1, 0.15) is 10.9 Å². The Balaban J connectivity index is 1.99. The first-order valence-corrected chi connectivity index (χ1v) is 7.65. The Kier molecular flexibility index (Phi) is 4.44. The molecule has 23 heavy (non-hydrogen) atoms. The molecule has 3 aromatic rings. The van der Waals surface area contributed by atoms with Crippen LogP contribution in [-0.2, 0) is 0 Å². The van der Waals surface area contributed by atoms with Gasteiger partial charge in [-0.15, -0.1) is 0 Å². The van der Waals surface area contributed by atoms with Crippen LogP contribution in [0.15, 0.2) is 54.6 Å². The number of carbonyl (C=O) groups is 1. The first-order chi connectivity index (χ1) is 11.2. The Labute approximate surface area is 139 Å². The molecule has 0 unspecified atom stereocenters. The highest BCUT2D eigenvalue weighted by atomic mass is 35.5. The molecule has 3 rings (SSSR count). The summed E-state index contributed by atoms with van der Waals surface area (Å²) < 4.78 is 5.53. The van der Waals surface area contributed by atoms with Crippen LogP contribution in [0.4, 0.5) is 5.69 Å². The number of rotatable bonds is 4. The normalized spacial score (nSPS) is 10.5. The second-order valence-electron chi connectivity index (χ2n) is 4.89. The van der Waals surface area contributed by atoms with E-state index in [4.69, 9.17) is 16.3 Å². The van der Waals surface area contributed by atoms with Crippen molar-refractivity contribution >= 4 is 34.1 Å². The van der Waals surface area contributed by atoms with Gasteiger partial charge in [-0.1, -0.05) is 41.9 Å². The molecule has 1 aromatic heterocycles. The van der Waals surface area contributed by atoms with Crippen LogP contribution in [0.25, 0.3) is 10.9 Å². The third kappa shape index (κ3) is 3.27. The summed E-state index contributed by atoms with van der Waals surface area (Å²) in [5, 5.41) is 3.92. The molecule has 5 heteroatoms. The van der Waals surface area contributed by atoms with E-state index in [0.29, 0.717) is 29.1 Å². The predicted molar refractivity (Wildman–Crippen MR) is 92.3 cm³/mol. The quantitative estimate of drug-likeness (QED) is 0.716. The zero-order valence-electron chi connectivity index (χ0n) is 12.5. The van der Waals surface area contributed by atoms with E-state index in [1.54, 1.807) is 12.1 Å². The number of nitrogens with zero attached hydrogens (tertiary/aromatic N) is 1. The summed E-state index contributed by atoms with van der Waals surface area (Å²) in [6, 6.07) is 16.3. The summed E-state index contributed by atoms with van der Waals surface area (Å²) in [5.74, 6) is 0.380. The van der Waals surface area contributed by atoms with E-state index in [-0.39, 0.29) is 11.1 Å². The summed E-state index contributed by atoms with van der Waals surface area (Å²) in [7, 11) is 0. The maximum Gasteiger partial charge on any atom is 0.256 e. The summed E-state index contributed by atoms with van der Waals surface area (Å²) in [6.45, 7) is 2.42. The first-order valence-electron chi connectivity index (χ1n) is 7.27. The van der Waals surface area contributed by atoms with Gasteiger partial charge in [0.25, 0.3) is 5.91 Å². The van der Waals surface area contributed by atoms with Crippen LogP contribution in [-0.4, -0.2) is 17.5 Å². The van der Waals surface area contributed by atoms with Crippen LogP contribution < -0.4 is 10.1 Å². The van der Waals surface area contributed by atoms with Crippen LogP contribution in [0.3, 0.4) is 0 Å². The molecule has 0 atom stereocenters. The number of hydrogen-bond acceptors (Lipinski definition) is 3. The maximum absolute atomic E-state index is 12.7. The number of ether oxygens (including phenoxy) is 1. The standard InChI is InChI=1S/C18H15ClN2O2/c1-2-23-16-10-6-5-9-15(16)21-18(22)13-11-17(19)20-14-8-4-3-7-12(13)14/h3-11H,2H2,1H3,(H,21,22). The Bertz CT molecular complexity index is 865. The van der Waals surface area contributed by atoms with Crippen LogP contribution in [0, 0.1) is 0 Å². The van der Waals surface area contributed by atoms with Crippen molar-refractivity contribution in [2.24, 2.45) is 0 Å². The van der Waals surface area contributed by atoms with Crippen molar-refractivity contribution in [1.82, 2.24) is 4.98 Å². The molecule has 0 saturated carbocycles. The lowest BCUT2D eigenvalue weighted by Crippen LogP contribution is -2.13. The zero-order valence-corrected chi connectivity index (χ0v) is 13.3. The molecule has 0 radical (unpaired) electrons. The number of pyridine rings is 1. The van der Waals surface area contributed by atoms with Crippen molar-refractivity contribution in [2.45, 2.75) is 6.92 Å². The van der Waals surface area contributed by atoms with Crippen molar-refractivity contribution in [3.63, 3.8) is 0 Å². The fourth-order valence-electron chi connectivity index (χ4n) is 2.37. The van der Waals surface area contributed by atoms with E-state index in [0.717, 1.165) is 5.39 Å². The summed E-state index contributed by atoms with van der Waals surface area (Å²) >= 11 is 6.04. The predicted octanol–water partition coefficient (Wildman–Crippen LogP) is 4.54. The van der Waals surface area contributed by atoms with Crippen LogP contribution in [0.2, 0.25) is 5.15 Å². The molecule has 116 valence electrons. The lowest BCUT2D eigenvalue weighted by atomic mass is 10.1. The van der Waals surface area contributed by atoms with Gasteiger partial charge in [0.2, 0.25) is 0 Å². The van der Waals surface area contributed by atoms with Crippen molar-refractivity contribution < 1.29 is 9.53 Å². The van der Waals surface area contributed by atoms with Gasteiger partial charge < -0.3 is 10.1 Å². The third-order valence-electron chi connectivity index (χ3n) is 3.36. The number of benzene rings is 2. The molecule has 0 fully saturated rings. The van der Waals surface area contributed by atoms with E-state index in [2.05, 4.69) is 10.3 Å². The molecular weight excluding hydrogens is 312 g/mol. The number of hydrogen-bond donors (Lipinski definition) is 1. The smallest absolute Gasteiger partial charge is 0.256 e. The van der Waals surface area contributed by atoms with Gasteiger partial charge in [-0.3, -0.25) is 4.79 Å². The highest BCUT2D eigenvalue weighted by molar-refractivity contribution is 6.30. The Morgan fingerprint density at radius 3 is 2.74 bits per heavy atom. The molecule has 0 saturated heterocycles. The number of fused-ring (bicyclic) bond motifs is 1. The van der Waals surface area contributed by atoms with E-state index >= 15 is 0 Å². The highest BCUT2D eigenvalue weighted by Crippen LogP contribution is 2.26. The Morgan fingerprint density at radius 2 is 1.91 bits per heavy atom. The fourth-order valence-corrected chi connectivity index (χ4v) is 2.57. The van der Waals surface area contributed by atoms with Crippen molar-refractivity contribution in [2.75, 3.05) is 11.9 Å². The second-order valence-corrected chi connectivity index (χ2v) is 5.28. The highest BCUT2D eigenvalue weighted by Gasteiger charge is 2.14. The molecule has 1 amide bonds. The molecule has 1 heterocycles.